The molecule has 0 radical (unpaired) electrons. The maximum atomic E-state index is 5.20. The summed E-state index contributed by atoms with van der Waals surface area (Å²) in [7, 11) is 0. The number of rotatable bonds is 1. The Morgan fingerprint density at radius 2 is 2.45 bits per heavy atom. The molecule has 0 bridgehead atoms. The van der Waals surface area contributed by atoms with Gasteiger partial charge in [0.25, 0.3) is 4.80 Å². The van der Waals surface area contributed by atoms with E-state index in [4.69, 9.17) is 4.42 Å². The van der Waals surface area contributed by atoms with E-state index in [9.17, 15) is 0 Å². The van der Waals surface area contributed by atoms with Gasteiger partial charge in [-0.25, -0.2) is 0 Å². The summed E-state index contributed by atoms with van der Waals surface area (Å²) in [5, 5.41) is 10.9. The van der Waals surface area contributed by atoms with E-state index in [1.165, 1.54) is 6.42 Å². The van der Waals surface area contributed by atoms with Gasteiger partial charge in [-0.1, -0.05) is 0 Å². The van der Waals surface area contributed by atoms with Gasteiger partial charge in [-0.3, -0.25) is 0 Å². The highest BCUT2D eigenvalue weighted by molar-refractivity contribution is 9.10. The van der Waals surface area contributed by atoms with Crippen LogP contribution in [0.4, 0.5) is 0 Å². The second kappa shape index (κ2) is 2.91. The van der Waals surface area contributed by atoms with Gasteiger partial charge in [0, 0.05) is 15.9 Å². The first-order chi connectivity index (χ1) is 5.36. The number of hydrogen-bond acceptors (Lipinski definition) is 4. The minimum Gasteiger partial charge on any atom is -0.414 e. The van der Waals surface area contributed by atoms with Gasteiger partial charge in [0.15, 0.2) is 0 Å². The number of nitrogens with zero attached hydrogens (tertiary/aromatic N) is 2. The summed E-state index contributed by atoms with van der Waals surface area (Å²) in [5.74, 6) is 0.689. The Labute approximate surface area is 72.5 Å². The van der Waals surface area contributed by atoms with Crippen molar-refractivity contribution < 1.29 is 4.42 Å². The van der Waals surface area contributed by atoms with E-state index in [0.717, 1.165) is 13.0 Å². The highest BCUT2D eigenvalue weighted by atomic mass is 79.9. The fourth-order valence-corrected chi connectivity index (χ4v) is 1.50. The summed E-state index contributed by atoms with van der Waals surface area (Å²) in [6.07, 6.45) is 2.28. The molecular weight excluding hydrogens is 210 g/mol. The lowest BCUT2D eigenvalue weighted by Gasteiger charge is -2.01. The van der Waals surface area contributed by atoms with Crippen molar-refractivity contribution in [3.05, 3.63) is 10.7 Å². The minimum atomic E-state index is 0.272. The van der Waals surface area contributed by atoms with Gasteiger partial charge in [-0.15, -0.1) is 10.2 Å². The molecule has 5 heteroatoms. The quantitative estimate of drug-likeness (QED) is 0.770. The number of aromatic nitrogens is 2. The van der Waals surface area contributed by atoms with Crippen LogP contribution in [0.2, 0.25) is 0 Å². The van der Waals surface area contributed by atoms with Crippen molar-refractivity contribution in [3.63, 3.8) is 0 Å². The van der Waals surface area contributed by atoms with Crippen LogP contribution >= 0.6 is 15.9 Å². The van der Waals surface area contributed by atoms with E-state index in [2.05, 4.69) is 31.4 Å². The lowest BCUT2D eigenvalue weighted by atomic mass is 10.2. The van der Waals surface area contributed by atoms with E-state index in [1.807, 2.05) is 0 Å². The molecule has 60 valence electrons. The number of nitrogens with one attached hydrogen (secondary N) is 1. The highest BCUT2D eigenvalue weighted by Gasteiger charge is 2.21. The maximum Gasteiger partial charge on any atom is 0.284 e. The summed E-state index contributed by atoms with van der Waals surface area (Å²) in [5.41, 5.74) is 0. The van der Waals surface area contributed by atoms with Gasteiger partial charge in [-0.05, 0) is 19.4 Å². The molecule has 1 aliphatic heterocycles. The van der Waals surface area contributed by atoms with Crippen LogP contribution in [-0.4, -0.2) is 16.7 Å². The first kappa shape index (κ1) is 7.24. The molecule has 1 aromatic rings. The summed E-state index contributed by atoms with van der Waals surface area (Å²) in [6.45, 7) is 1.05. The molecular formula is C6H8BrN3O. The van der Waals surface area contributed by atoms with Gasteiger partial charge in [0.2, 0.25) is 5.89 Å². The van der Waals surface area contributed by atoms with Crippen LogP contribution in [-0.2, 0) is 0 Å². The van der Waals surface area contributed by atoms with E-state index in [0.29, 0.717) is 10.7 Å². The SMILES string of the molecule is Brc1nnc(C2CCCN2)o1. The van der Waals surface area contributed by atoms with Crippen molar-refractivity contribution in [2.45, 2.75) is 18.9 Å². The largest absolute Gasteiger partial charge is 0.414 e. The second-order valence-corrected chi connectivity index (χ2v) is 3.22. The zero-order valence-electron chi connectivity index (χ0n) is 5.88. The van der Waals surface area contributed by atoms with Crippen molar-refractivity contribution in [1.82, 2.24) is 15.5 Å². The molecule has 1 unspecified atom stereocenters. The van der Waals surface area contributed by atoms with Crippen LogP contribution in [0.1, 0.15) is 24.8 Å². The highest BCUT2D eigenvalue weighted by Crippen LogP contribution is 2.22. The van der Waals surface area contributed by atoms with Crippen molar-refractivity contribution in [1.29, 1.82) is 0 Å². The van der Waals surface area contributed by atoms with Gasteiger partial charge in [-0.2, -0.15) is 0 Å². The Hall–Kier alpha value is -0.420. The van der Waals surface area contributed by atoms with Crippen LogP contribution in [0.15, 0.2) is 9.22 Å². The topological polar surface area (TPSA) is 51.0 Å². The van der Waals surface area contributed by atoms with Gasteiger partial charge >= 0.3 is 0 Å². The molecule has 11 heavy (non-hydrogen) atoms. The Morgan fingerprint density at radius 3 is 3.00 bits per heavy atom. The minimum absolute atomic E-state index is 0.272. The molecule has 1 aliphatic rings. The standard InChI is InChI=1S/C6H8BrN3O/c7-6-10-9-5(11-6)4-2-1-3-8-4/h4,8H,1-3H2. The van der Waals surface area contributed by atoms with Gasteiger partial charge in [0.05, 0.1) is 6.04 Å². The third-order valence-electron chi connectivity index (χ3n) is 1.77. The van der Waals surface area contributed by atoms with Crippen molar-refractivity contribution >= 4 is 15.9 Å². The lowest BCUT2D eigenvalue weighted by molar-refractivity contribution is 0.415. The third kappa shape index (κ3) is 1.44. The van der Waals surface area contributed by atoms with Crippen LogP contribution in [0.3, 0.4) is 0 Å². The summed E-state index contributed by atoms with van der Waals surface area (Å²) >= 11 is 3.11. The van der Waals surface area contributed by atoms with Crippen molar-refractivity contribution in [2.24, 2.45) is 0 Å². The Bertz CT molecular complexity index is 244. The Kier molecular flexibility index (Phi) is 1.91. The fourth-order valence-electron chi connectivity index (χ4n) is 1.25. The number of hydrogen-bond donors (Lipinski definition) is 1. The molecule has 1 aromatic heterocycles. The van der Waals surface area contributed by atoms with Gasteiger partial charge < -0.3 is 9.73 Å². The summed E-state index contributed by atoms with van der Waals surface area (Å²) in [4.78, 5) is 0.459. The van der Waals surface area contributed by atoms with Crippen LogP contribution in [0, 0.1) is 0 Å². The normalized spacial score (nSPS) is 24.3. The van der Waals surface area contributed by atoms with Crippen LogP contribution in [0.25, 0.3) is 0 Å². The zero-order chi connectivity index (χ0) is 7.68. The molecule has 1 fully saturated rings. The lowest BCUT2D eigenvalue weighted by Crippen LogP contribution is -2.12. The molecule has 0 aliphatic carbocycles. The number of halogens is 1. The van der Waals surface area contributed by atoms with E-state index in [1.54, 1.807) is 0 Å². The smallest absolute Gasteiger partial charge is 0.284 e. The Morgan fingerprint density at radius 1 is 1.55 bits per heavy atom. The predicted octanol–water partition coefficient (Wildman–Crippen LogP) is 1.26. The first-order valence-corrected chi connectivity index (χ1v) is 4.38. The zero-order valence-corrected chi connectivity index (χ0v) is 7.47. The predicted molar refractivity (Wildman–Crippen MR) is 42.0 cm³/mol. The van der Waals surface area contributed by atoms with Crippen molar-refractivity contribution in [3.8, 4) is 0 Å². The van der Waals surface area contributed by atoms with Gasteiger partial charge in [0.1, 0.15) is 0 Å². The van der Waals surface area contributed by atoms with Crippen LogP contribution in [0.5, 0.6) is 0 Å². The molecule has 2 heterocycles. The average Bonchev–Trinajstić information content (AvgIpc) is 2.55. The van der Waals surface area contributed by atoms with Crippen LogP contribution < -0.4 is 5.32 Å². The fraction of sp³-hybridized carbons (Fsp3) is 0.667. The average molecular weight is 218 g/mol. The monoisotopic (exact) mass is 217 g/mol. The second-order valence-electron chi connectivity index (χ2n) is 2.54. The molecule has 0 spiro atoms. The molecule has 2 rings (SSSR count). The molecule has 1 saturated heterocycles. The third-order valence-corrected chi connectivity index (χ3v) is 2.09. The summed E-state index contributed by atoms with van der Waals surface area (Å²) in [6, 6.07) is 0.272. The Balaban J connectivity index is 2.15. The van der Waals surface area contributed by atoms with Crippen molar-refractivity contribution in [2.75, 3.05) is 6.54 Å². The molecule has 0 aromatic carbocycles. The maximum absolute atomic E-state index is 5.20. The summed E-state index contributed by atoms with van der Waals surface area (Å²) < 4.78 is 5.20. The molecule has 0 amide bonds. The first-order valence-electron chi connectivity index (χ1n) is 3.58. The molecule has 4 nitrogen and oxygen atoms in total. The van der Waals surface area contributed by atoms with E-state index in [-0.39, 0.29) is 6.04 Å². The molecule has 1 atom stereocenters. The van der Waals surface area contributed by atoms with E-state index < -0.39 is 0 Å². The molecule has 0 saturated carbocycles. The molecule has 1 N–H and O–H groups in total. The van der Waals surface area contributed by atoms with E-state index >= 15 is 0 Å².